The Balaban J connectivity index is 1.89. The second-order valence-electron chi connectivity index (χ2n) is 4.31. The van der Waals surface area contributed by atoms with Gasteiger partial charge in [-0.15, -0.1) is 0 Å². The lowest BCUT2D eigenvalue weighted by atomic mass is 10.0. The summed E-state index contributed by atoms with van der Waals surface area (Å²) in [6, 6.07) is 0.790. The third-order valence-electron chi connectivity index (χ3n) is 3.71. The maximum atomic E-state index is 5.40. The molecule has 1 N–H and O–H groups in total. The van der Waals surface area contributed by atoms with Crippen LogP contribution >= 0.6 is 0 Å². The molecular formula is C10H19NO. The lowest BCUT2D eigenvalue weighted by Crippen LogP contribution is -2.23. The van der Waals surface area contributed by atoms with E-state index in [1.807, 2.05) is 7.11 Å². The van der Waals surface area contributed by atoms with Crippen molar-refractivity contribution >= 4 is 0 Å². The zero-order chi connectivity index (χ0) is 8.55. The Morgan fingerprint density at radius 3 is 2.08 bits per heavy atom. The number of ether oxygens (including phenoxy) is 1. The van der Waals surface area contributed by atoms with E-state index in [2.05, 4.69) is 12.4 Å². The molecule has 0 aromatic heterocycles. The standard InChI is InChI=1S/C10H19NO/c1-11-9-3-7-5-10(12-2)6-8(7)4-9/h7-11H,3-6H2,1-2H3/t7-,8+,9?,10?. The highest BCUT2D eigenvalue weighted by Gasteiger charge is 2.41. The normalized spacial score (nSPS) is 46.5. The Kier molecular flexibility index (Phi) is 2.37. The molecule has 0 aromatic carbocycles. The van der Waals surface area contributed by atoms with Gasteiger partial charge in [0.15, 0.2) is 0 Å². The molecule has 12 heavy (non-hydrogen) atoms. The molecule has 2 unspecified atom stereocenters. The van der Waals surface area contributed by atoms with Crippen molar-refractivity contribution in [2.75, 3.05) is 14.2 Å². The molecule has 2 fully saturated rings. The van der Waals surface area contributed by atoms with Gasteiger partial charge in [0, 0.05) is 13.2 Å². The van der Waals surface area contributed by atoms with Gasteiger partial charge < -0.3 is 10.1 Å². The molecule has 0 aliphatic heterocycles. The van der Waals surface area contributed by atoms with Gasteiger partial charge in [0.2, 0.25) is 0 Å². The smallest absolute Gasteiger partial charge is 0.0576 e. The van der Waals surface area contributed by atoms with E-state index in [0.29, 0.717) is 6.10 Å². The predicted octanol–water partition coefficient (Wildman–Crippen LogP) is 1.41. The fourth-order valence-electron chi connectivity index (χ4n) is 2.99. The van der Waals surface area contributed by atoms with Crippen LogP contribution < -0.4 is 5.32 Å². The summed E-state index contributed by atoms with van der Waals surface area (Å²) >= 11 is 0. The van der Waals surface area contributed by atoms with Gasteiger partial charge in [0.1, 0.15) is 0 Å². The molecule has 70 valence electrons. The first-order chi connectivity index (χ1) is 5.83. The minimum Gasteiger partial charge on any atom is -0.381 e. The number of rotatable bonds is 2. The summed E-state index contributed by atoms with van der Waals surface area (Å²) in [5, 5.41) is 3.38. The lowest BCUT2D eigenvalue weighted by Gasteiger charge is -2.12. The molecule has 0 aromatic rings. The van der Waals surface area contributed by atoms with Gasteiger partial charge in [-0.25, -0.2) is 0 Å². The number of hydrogen-bond donors (Lipinski definition) is 1. The summed E-state index contributed by atoms with van der Waals surface area (Å²) in [5.74, 6) is 1.90. The van der Waals surface area contributed by atoms with E-state index in [4.69, 9.17) is 4.74 Å². The Labute approximate surface area is 74.7 Å². The van der Waals surface area contributed by atoms with E-state index < -0.39 is 0 Å². The van der Waals surface area contributed by atoms with Crippen molar-refractivity contribution in [2.24, 2.45) is 11.8 Å². The fraction of sp³-hybridized carbons (Fsp3) is 1.00. The topological polar surface area (TPSA) is 21.3 Å². The zero-order valence-corrected chi connectivity index (χ0v) is 8.05. The average Bonchev–Trinajstić information content (AvgIpc) is 2.59. The highest BCUT2D eigenvalue weighted by molar-refractivity contribution is 4.94. The van der Waals surface area contributed by atoms with E-state index in [1.165, 1.54) is 25.7 Å². The van der Waals surface area contributed by atoms with Crippen LogP contribution in [0.15, 0.2) is 0 Å². The van der Waals surface area contributed by atoms with Crippen molar-refractivity contribution in [1.29, 1.82) is 0 Å². The van der Waals surface area contributed by atoms with Crippen LogP contribution in [0.1, 0.15) is 25.7 Å². The lowest BCUT2D eigenvalue weighted by molar-refractivity contribution is 0.100. The van der Waals surface area contributed by atoms with Gasteiger partial charge in [-0.05, 0) is 44.6 Å². The number of fused-ring (bicyclic) bond motifs is 1. The predicted molar refractivity (Wildman–Crippen MR) is 49.1 cm³/mol. The summed E-state index contributed by atoms with van der Waals surface area (Å²) in [7, 11) is 3.93. The number of methoxy groups -OCH3 is 1. The van der Waals surface area contributed by atoms with Crippen LogP contribution in [0, 0.1) is 11.8 Å². The minimum atomic E-state index is 0.567. The highest BCUT2D eigenvalue weighted by atomic mass is 16.5. The molecule has 0 heterocycles. The molecule has 2 rings (SSSR count). The maximum absolute atomic E-state index is 5.40. The average molecular weight is 169 g/mol. The monoisotopic (exact) mass is 169 g/mol. The molecule has 2 saturated carbocycles. The second-order valence-corrected chi connectivity index (χ2v) is 4.31. The van der Waals surface area contributed by atoms with Crippen molar-refractivity contribution in [3.05, 3.63) is 0 Å². The van der Waals surface area contributed by atoms with Crippen LogP contribution in [-0.4, -0.2) is 26.3 Å². The maximum Gasteiger partial charge on any atom is 0.0576 e. The van der Waals surface area contributed by atoms with Gasteiger partial charge in [-0.1, -0.05) is 0 Å². The van der Waals surface area contributed by atoms with Crippen molar-refractivity contribution < 1.29 is 4.74 Å². The van der Waals surface area contributed by atoms with Crippen LogP contribution in [0.5, 0.6) is 0 Å². The van der Waals surface area contributed by atoms with Gasteiger partial charge in [-0.3, -0.25) is 0 Å². The molecule has 0 bridgehead atoms. The third kappa shape index (κ3) is 1.38. The van der Waals surface area contributed by atoms with Crippen LogP contribution in [-0.2, 0) is 4.74 Å². The molecular weight excluding hydrogens is 150 g/mol. The summed E-state index contributed by atoms with van der Waals surface area (Å²) < 4.78 is 5.40. The van der Waals surface area contributed by atoms with Crippen molar-refractivity contribution in [2.45, 2.75) is 37.8 Å². The molecule has 0 saturated heterocycles. The van der Waals surface area contributed by atoms with E-state index in [-0.39, 0.29) is 0 Å². The van der Waals surface area contributed by atoms with E-state index in [9.17, 15) is 0 Å². The summed E-state index contributed by atoms with van der Waals surface area (Å²) in [4.78, 5) is 0. The Bertz CT molecular complexity index is 130. The van der Waals surface area contributed by atoms with Gasteiger partial charge >= 0.3 is 0 Å². The summed E-state index contributed by atoms with van der Waals surface area (Å²) in [6.45, 7) is 0. The fourth-order valence-corrected chi connectivity index (χ4v) is 2.99. The SMILES string of the molecule is CNC1C[C@@H]2CC(OC)C[C@@H]2C1. The van der Waals surface area contributed by atoms with Gasteiger partial charge in [-0.2, -0.15) is 0 Å². The molecule has 4 atom stereocenters. The Morgan fingerprint density at radius 2 is 1.67 bits per heavy atom. The third-order valence-corrected chi connectivity index (χ3v) is 3.71. The van der Waals surface area contributed by atoms with Gasteiger partial charge in [0.25, 0.3) is 0 Å². The molecule has 0 amide bonds. The first-order valence-electron chi connectivity index (χ1n) is 5.03. The summed E-state index contributed by atoms with van der Waals surface area (Å²) in [5.41, 5.74) is 0. The molecule has 2 aliphatic carbocycles. The number of nitrogens with one attached hydrogen (secondary N) is 1. The molecule has 2 nitrogen and oxygen atoms in total. The van der Waals surface area contributed by atoms with Crippen LogP contribution in [0.25, 0.3) is 0 Å². The second kappa shape index (κ2) is 3.35. The van der Waals surface area contributed by atoms with Crippen LogP contribution in [0.3, 0.4) is 0 Å². The van der Waals surface area contributed by atoms with Crippen molar-refractivity contribution in [1.82, 2.24) is 5.32 Å². The zero-order valence-electron chi connectivity index (χ0n) is 8.05. The highest BCUT2D eigenvalue weighted by Crippen LogP contribution is 2.44. The van der Waals surface area contributed by atoms with Crippen molar-refractivity contribution in [3.8, 4) is 0 Å². The quantitative estimate of drug-likeness (QED) is 0.675. The van der Waals surface area contributed by atoms with E-state index in [1.54, 1.807) is 0 Å². The largest absolute Gasteiger partial charge is 0.381 e. The van der Waals surface area contributed by atoms with Crippen molar-refractivity contribution in [3.63, 3.8) is 0 Å². The first-order valence-corrected chi connectivity index (χ1v) is 5.03. The van der Waals surface area contributed by atoms with Crippen LogP contribution in [0.2, 0.25) is 0 Å². The minimum absolute atomic E-state index is 0.567. The molecule has 2 heteroatoms. The Morgan fingerprint density at radius 1 is 1.08 bits per heavy atom. The van der Waals surface area contributed by atoms with Gasteiger partial charge in [0.05, 0.1) is 6.10 Å². The Hall–Kier alpha value is -0.0800. The summed E-state index contributed by atoms with van der Waals surface area (Å²) in [6.07, 6.45) is 5.93. The number of hydrogen-bond acceptors (Lipinski definition) is 2. The molecule has 2 aliphatic rings. The van der Waals surface area contributed by atoms with E-state index in [0.717, 1.165) is 17.9 Å². The first kappa shape index (κ1) is 8.52. The molecule has 0 spiro atoms. The van der Waals surface area contributed by atoms with Crippen LogP contribution in [0.4, 0.5) is 0 Å². The molecule has 0 radical (unpaired) electrons. The van der Waals surface area contributed by atoms with E-state index >= 15 is 0 Å².